The van der Waals surface area contributed by atoms with Crippen LogP contribution in [0.3, 0.4) is 0 Å². The van der Waals surface area contributed by atoms with E-state index in [0.29, 0.717) is 24.0 Å². The molecule has 0 saturated heterocycles. The molecule has 0 amide bonds. The molecule has 5 heteroatoms. The molecule has 2 heterocycles. The van der Waals surface area contributed by atoms with Gasteiger partial charge in [0.2, 0.25) is 0 Å². The van der Waals surface area contributed by atoms with Crippen molar-refractivity contribution in [3.8, 4) is 11.5 Å². The first-order chi connectivity index (χ1) is 5.79. The second kappa shape index (κ2) is 2.91. The predicted molar refractivity (Wildman–Crippen MR) is 51.2 cm³/mol. The Hall–Kier alpha value is -0.810. The van der Waals surface area contributed by atoms with Crippen molar-refractivity contribution in [1.29, 1.82) is 0 Å². The van der Waals surface area contributed by atoms with Gasteiger partial charge in [-0.1, -0.05) is 12.2 Å². The van der Waals surface area contributed by atoms with E-state index >= 15 is 0 Å². The van der Waals surface area contributed by atoms with Crippen LogP contribution in [0.2, 0.25) is 0 Å². The first kappa shape index (κ1) is 7.82. The van der Waals surface area contributed by atoms with E-state index in [1.807, 2.05) is 5.38 Å². The standard InChI is InChI=1S/C7H7NO2S2/c8-7(11)6-5-4(3-12-6)9-1-2-10-5/h3H,1-2H2,(H2,8,11). The van der Waals surface area contributed by atoms with E-state index in [2.05, 4.69) is 0 Å². The van der Waals surface area contributed by atoms with Gasteiger partial charge in [-0.3, -0.25) is 0 Å². The molecule has 1 aromatic heterocycles. The maximum atomic E-state index is 5.49. The van der Waals surface area contributed by atoms with E-state index in [1.165, 1.54) is 11.3 Å². The monoisotopic (exact) mass is 201 g/mol. The van der Waals surface area contributed by atoms with Crippen LogP contribution in [0.25, 0.3) is 0 Å². The molecule has 2 N–H and O–H groups in total. The fraction of sp³-hybridized carbons (Fsp3) is 0.286. The van der Waals surface area contributed by atoms with Gasteiger partial charge in [0, 0.05) is 5.38 Å². The first-order valence-corrected chi connectivity index (χ1v) is 4.74. The molecule has 0 atom stereocenters. The molecular formula is C7H7NO2S2. The third kappa shape index (κ3) is 1.15. The van der Waals surface area contributed by atoms with Crippen molar-refractivity contribution in [2.75, 3.05) is 13.2 Å². The van der Waals surface area contributed by atoms with Crippen molar-refractivity contribution in [2.45, 2.75) is 0 Å². The molecule has 2 rings (SSSR count). The zero-order valence-corrected chi connectivity index (χ0v) is 7.83. The summed E-state index contributed by atoms with van der Waals surface area (Å²) >= 11 is 6.31. The van der Waals surface area contributed by atoms with E-state index < -0.39 is 0 Å². The predicted octanol–water partition coefficient (Wildman–Crippen LogP) is 1.15. The molecule has 1 aliphatic heterocycles. The summed E-state index contributed by atoms with van der Waals surface area (Å²) in [5, 5.41) is 1.86. The Morgan fingerprint density at radius 1 is 1.50 bits per heavy atom. The van der Waals surface area contributed by atoms with Crippen LogP contribution in [0.5, 0.6) is 11.5 Å². The molecule has 1 aromatic rings. The van der Waals surface area contributed by atoms with Gasteiger partial charge in [0.25, 0.3) is 0 Å². The molecule has 0 aromatic carbocycles. The Bertz CT molecular complexity index is 321. The van der Waals surface area contributed by atoms with Gasteiger partial charge in [-0.25, -0.2) is 0 Å². The SMILES string of the molecule is NC(=S)c1scc2c1OCCO2. The molecule has 0 spiro atoms. The number of thiophene rings is 1. The Kier molecular flexibility index (Phi) is 1.90. The number of thiocarbonyl (C=S) groups is 1. The lowest BCUT2D eigenvalue weighted by atomic mass is 10.4. The van der Waals surface area contributed by atoms with Gasteiger partial charge in [-0.15, -0.1) is 11.3 Å². The van der Waals surface area contributed by atoms with Crippen LogP contribution in [0, 0.1) is 0 Å². The largest absolute Gasteiger partial charge is 0.485 e. The minimum absolute atomic E-state index is 0.367. The second-order valence-corrected chi connectivity index (χ2v) is 3.64. The maximum Gasteiger partial charge on any atom is 0.182 e. The van der Waals surface area contributed by atoms with E-state index in [4.69, 9.17) is 27.4 Å². The van der Waals surface area contributed by atoms with Gasteiger partial charge in [0.15, 0.2) is 11.5 Å². The zero-order valence-electron chi connectivity index (χ0n) is 6.20. The van der Waals surface area contributed by atoms with Gasteiger partial charge in [-0.2, -0.15) is 0 Å². The van der Waals surface area contributed by atoms with Crippen molar-refractivity contribution >= 4 is 28.5 Å². The van der Waals surface area contributed by atoms with Gasteiger partial charge in [0.1, 0.15) is 23.1 Å². The molecule has 0 radical (unpaired) electrons. The van der Waals surface area contributed by atoms with E-state index in [-0.39, 0.29) is 0 Å². The van der Waals surface area contributed by atoms with Crippen molar-refractivity contribution in [2.24, 2.45) is 5.73 Å². The molecule has 3 nitrogen and oxygen atoms in total. The van der Waals surface area contributed by atoms with E-state index in [1.54, 1.807) is 0 Å². The summed E-state index contributed by atoms with van der Waals surface area (Å²) < 4.78 is 10.7. The Morgan fingerprint density at radius 3 is 3.00 bits per heavy atom. The topological polar surface area (TPSA) is 44.5 Å². The highest BCUT2D eigenvalue weighted by Crippen LogP contribution is 2.38. The number of hydrogen-bond donors (Lipinski definition) is 1. The van der Waals surface area contributed by atoms with Gasteiger partial charge in [-0.05, 0) is 0 Å². The lowest BCUT2D eigenvalue weighted by molar-refractivity contribution is 0.173. The van der Waals surface area contributed by atoms with Crippen LogP contribution in [0.1, 0.15) is 4.88 Å². The molecule has 0 fully saturated rings. The zero-order chi connectivity index (χ0) is 8.55. The number of nitrogens with two attached hydrogens (primary N) is 1. The van der Waals surface area contributed by atoms with E-state index in [9.17, 15) is 0 Å². The highest BCUT2D eigenvalue weighted by atomic mass is 32.1. The first-order valence-electron chi connectivity index (χ1n) is 3.46. The number of ether oxygens (including phenoxy) is 2. The minimum atomic E-state index is 0.367. The third-order valence-corrected chi connectivity index (χ3v) is 2.83. The third-order valence-electron chi connectivity index (χ3n) is 1.52. The van der Waals surface area contributed by atoms with Crippen LogP contribution in [-0.4, -0.2) is 18.2 Å². The Morgan fingerprint density at radius 2 is 2.25 bits per heavy atom. The molecule has 1 aliphatic rings. The molecular weight excluding hydrogens is 194 g/mol. The molecule has 12 heavy (non-hydrogen) atoms. The normalized spacial score (nSPS) is 14.3. The van der Waals surface area contributed by atoms with Crippen molar-refractivity contribution in [3.05, 3.63) is 10.3 Å². The molecule has 0 bridgehead atoms. The fourth-order valence-electron chi connectivity index (χ4n) is 1.03. The van der Waals surface area contributed by atoms with Gasteiger partial charge < -0.3 is 15.2 Å². The molecule has 0 saturated carbocycles. The van der Waals surface area contributed by atoms with Crippen LogP contribution in [0.4, 0.5) is 0 Å². The highest BCUT2D eigenvalue weighted by Gasteiger charge is 2.19. The summed E-state index contributed by atoms with van der Waals surface area (Å²) in [6, 6.07) is 0. The van der Waals surface area contributed by atoms with E-state index in [0.717, 1.165) is 10.6 Å². The van der Waals surface area contributed by atoms with Gasteiger partial charge >= 0.3 is 0 Å². The van der Waals surface area contributed by atoms with Crippen LogP contribution in [-0.2, 0) is 0 Å². The Labute approximate surface area is 79.1 Å². The summed E-state index contributed by atoms with van der Waals surface area (Å²) in [5.74, 6) is 1.47. The Balaban J connectivity index is 2.44. The quantitative estimate of drug-likeness (QED) is 0.692. The minimum Gasteiger partial charge on any atom is -0.485 e. The van der Waals surface area contributed by atoms with Crippen LogP contribution in [0.15, 0.2) is 5.38 Å². The number of rotatable bonds is 1. The summed E-state index contributed by atoms with van der Waals surface area (Å²) in [4.78, 5) is 1.17. The molecule has 64 valence electrons. The highest BCUT2D eigenvalue weighted by molar-refractivity contribution is 7.81. The van der Waals surface area contributed by atoms with Crippen molar-refractivity contribution in [3.63, 3.8) is 0 Å². The average Bonchev–Trinajstić information content (AvgIpc) is 2.47. The average molecular weight is 201 g/mol. The van der Waals surface area contributed by atoms with Crippen molar-refractivity contribution in [1.82, 2.24) is 0 Å². The maximum absolute atomic E-state index is 5.49. The fourth-order valence-corrected chi connectivity index (χ4v) is 2.05. The number of hydrogen-bond acceptors (Lipinski definition) is 4. The second-order valence-electron chi connectivity index (χ2n) is 2.32. The lowest BCUT2D eigenvalue weighted by Gasteiger charge is -2.15. The van der Waals surface area contributed by atoms with Crippen molar-refractivity contribution < 1.29 is 9.47 Å². The van der Waals surface area contributed by atoms with Crippen LogP contribution >= 0.6 is 23.6 Å². The molecule has 0 unspecified atom stereocenters. The summed E-state index contributed by atoms with van der Waals surface area (Å²) in [6.07, 6.45) is 0. The number of fused-ring (bicyclic) bond motifs is 1. The molecule has 0 aliphatic carbocycles. The van der Waals surface area contributed by atoms with Gasteiger partial charge in [0.05, 0.1) is 0 Å². The smallest absolute Gasteiger partial charge is 0.182 e. The summed E-state index contributed by atoms with van der Waals surface area (Å²) in [6.45, 7) is 1.17. The summed E-state index contributed by atoms with van der Waals surface area (Å²) in [5.41, 5.74) is 5.49. The lowest BCUT2D eigenvalue weighted by Crippen LogP contribution is -2.17. The van der Waals surface area contributed by atoms with Crippen LogP contribution < -0.4 is 15.2 Å². The summed E-state index contributed by atoms with van der Waals surface area (Å²) in [7, 11) is 0.